The number of rotatable bonds is 9. The molecule has 10 heteroatoms. The van der Waals surface area contributed by atoms with E-state index in [4.69, 9.17) is 14.2 Å². The summed E-state index contributed by atoms with van der Waals surface area (Å²) in [5.74, 6) is 0.705. The molecule has 0 aliphatic carbocycles. The van der Waals surface area contributed by atoms with Gasteiger partial charge in [-0.15, -0.1) is 0 Å². The Morgan fingerprint density at radius 3 is 2.62 bits per heavy atom. The van der Waals surface area contributed by atoms with E-state index in [-0.39, 0.29) is 30.7 Å². The van der Waals surface area contributed by atoms with Gasteiger partial charge in [-0.2, -0.15) is 0 Å². The zero-order valence-electron chi connectivity index (χ0n) is 18.5. The molecular formula is C22H34N4O6. The van der Waals surface area contributed by atoms with Gasteiger partial charge in [0, 0.05) is 25.3 Å². The summed E-state index contributed by atoms with van der Waals surface area (Å²) >= 11 is 0. The van der Waals surface area contributed by atoms with Crippen molar-refractivity contribution < 1.29 is 28.9 Å². The molecule has 4 N–H and O–H groups in total. The van der Waals surface area contributed by atoms with Crippen molar-refractivity contribution in [3.8, 4) is 5.75 Å². The first kappa shape index (κ1) is 24.2. The van der Waals surface area contributed by atoms with Gasteiger partial charge in [-0.1, -0.05) is 0 Å². The van der Waals surface area contributed by atoms with Crippen molar-refractivity contribution in [2.24, 2.45) is 0 Å². The fourth-order valence-corrected chi connectivity index (χ4v) is 3.91. The molecule has 2 aliphatic heterocycles. The van der Waals surface area contributed by atoms with Crippen LogP contribution in [-0.4, -0.2) is 93.3 Å². The van der Waals surface area contributed by atoms with E-state index in [1.165, 1.54) is 0 Å². The molecule has 3 amide bonds. The third-order valence-electron chi connectivity index (χ3n) is 5.72. The van der Waals surface area contributed by atoms with Crippen LogP contribution in [0.5, 0.6) is 5.75 Å². The molecule has 0 unspecified atom stereocenters. The van der Waals surface area contributed by atoms with E-state index in [1.807, 2.05) is 0 Å². The molecule has 10 nitrogen and oxygen atoms in total. The van der Waals surface area contributed by atoms with Gasteiger partial charge in [0.2, 0.25) is 5.91 Å². The normalized spacial score (nSPS) is 23.9. The Labute approximate surface area is 188 Å². The SMILES string of the molecule is COc1ccc(NC(=O)N[C@@H]2CC[C@H](CCNC(=O)CN3CCOCC3)O[C@H]2CO)cc1. The van der Waals surface area contributed by atoms with E-state index in [1.54, 1.807) is 31.4 Å². The maximum absolute atomic E-state index is 12.3. The number of anilines is 1. The zero-order valence-corrected chi connectivity index (χ0v) is 18.5. The summed E-state index contributed by atoms with van der Waals surface area (Å²) in [5, 5.41) is 18.3. The average Bonchev–Trinajstić information content (AvgIpc) is 2.81. The van der Waals surface area contributed by atoms with Crippen LogP contribution in [0.1, 0.15) is 19.3 Å². The van der Waals surface area contributed by atoms with Crippen LogP contribution < -0.4 is 20.7 Å². The Balaban J connectivity index is 1.36. The molecule has 0 saturated carbocycles. The second-order valence-corrected chi connectivity index (χ2v) is 8.02. The molecule has 2 heterocycles. The first-order valence-corrected chi connectivity index (χ1v) is 11.1. The topological polar surface area (TPSA) is 121 Å². The first-order chi connectivity index (χ1) is 15.6. The number of carbonyl (C=O) groups is 2. The van der Waals surface area contributed by atoms with E-state index < -0.39 is 6.10 Å². The fraction of sp³-hybridized carbons (Fsp3) is 0.636. The van der Waals surface area contributed by atoms with Crippen LogP contribution in [0.4, 0.5) is 10.5 Å². The molecule has 2 fully saturated rings. The Hall–Kier alpha value is -2.40. The van der Waals surface area contributed by atoms with E-state index in [2.05, 4.69) is 20.9 Å². The second kappa shape index (κ2) is 12.6. The Morgan fingerprint density at radius 2 is 1.94 bits per heavy atom. The number of carbonyl (C=O) groups excluding carboxylic acids is 2. The summed E-state index contributed by atoms with van der Waals surface area (Å²) in [4.78, 5) is 26.5. The van der Waals surface area contributed by atoms with Gasteiger partial charge in [-0.3, -0.25) is 9.69 Å². The van der Waals surface area contributed by atoms with E-state index in [0.29, 0.717) is 50.6 Å². The molecule has 0 bridgehead atoms. The predicted octanol–water partition coefficient (Wildman–Crippen LogP) is 0.564. The van der Waals surface area contributed by atoms with E-state index in [0.717, 1.165) is 19.5 Å². The van der Waals surface area contributed by atoms with Crippen LogP contribution in [0.15, 0.2) is 24.3 Å². The Kier molecular flexibility index (Phi) is 9.54. The predicted molar refractivity (Wildman–Crippen MR) is 119 cm³/mol. The standard InChI is InChI=1S/C22H34N4O6/c1-30-17-4-2-16(3-5-17)24-22(29)25-19-7-6-18(32-20(19)15-27)8-9-23-21(28)14-26-10-12-31-13-11-26/h2-5,18-20,27H,6-15H2,1H3,(H,23,28)(H2,24,25,29)/t18-,19-,20+/m1/s1. The minimum Gasteiger partial charge on any atom is -0.497 e. The highest BCUT2D eigenvalue weighted by atomic mass is 16.5. The van der Waals surface area contributed by atoms with E-state index in [9.17, 15) is 14.7 Å². The molecule has 1 aromatic rings. The van der Waals surface area contributed by atoms with Crippen molar-refractivity contribution in [2.75, 3.05) is 58.4 Å². The third-order valence-corrected chi connectivity index (χ3v) is 5.72. The van der Waals surface area contributed by atoms with Crippen molar-refractivity contribution in [1.82, 2.24) is 15.5 Å². The minimum absolute atomic E-state index is 0.00355. The van der Waals surface area contributed by atoms with Crippen LogP contribution >= 0.6 is 0 Å². The maximum atomic E-state index is 12.3. The number of nitrogens with zero attached hydrogens (tertiary/aromatic N) is 1. The quantitative estimate of drug-likeness (QED) is 0.434. The van der Waals surface area contributed by atoms with Crippen molar-refractivity contribution in [1.29, 1.82) is 0 Å². The van der Waals surface area contributed by atoms with Gasteiger partial charge in [0.15, 0.2) is 0 Å². The second-order valence-electron chi connectivity index (χ2n) is 8.02. The summed E-state index contributed by atoms with van der Waals surface area (Å²) in [7, 11) is 1.58. The summed E-state index contributed by atoms with van der Waals surface area (Å²) < 4.78 is 16.4. The number of ether oxygens (including phenoxy) is 3. The zero-order chi connectivity index (χ0) is 22.8. The van der Waals surface area contributed by atoms with Gasteiger partial charge >= 0.3 is 6.03 Å². The number of methoxy groups -OCH3 is 1. The highest BCUT2D eigenvalue weighted by Gasteiger charge is 2.31. The number of hydrogen-bond acceptors (Lipinski definition) is 7. The van der Waals surface area contributed by atoms with Gasteiger partial charge in [0.25, 0.3) is 0 Å². The lowest BCUT2D eigenvalue weighted by Gasteiger charge is -2.36. The van der Waals surface area contributed by atoms with Gasteiger partial charge in [0.1, 0.15) is 11.9 Å². The summed E-state index contributed by atoms with van der Waals surface area (Å²) in [5.41, 5.74) is 0.645. The lowest BCUT2D eigenvalue weighted by molar-refractivity contribution is -0.123. The van der Waals surface area contributed by atoms with Crippen LogP contribution in [0, 0.1) is 0 Å². The van der Waals surface area contributed by atoms with Crippen molar-refractivity contribution >= 4 is 17.6 Å². The molecular weight excluding hydrogens is 416 g/mol. The van der Waals surface area contributed by atoms with Crippen molar-refractivity contribution in [3.63, 3.8) is 0 Å². The van der Waals surface area contributed by atoms with Gasteiger partial charge in [0.05, 0.1) is 45.6 Å². The van der Waals surface area contributed by atoms with Crippen LogP contribution in [0.2, 0.25) is 0 Å². The lowest BCUT2D eigenvalue weighted by atomic mass is 9.97. The number of nitrogens with one attached hydrogen (secondary N) is 3. The highest BCUT2D eigenvalue weighted by molar-refractivity contribution is 5.89. The molecule has 0 aromatic heterocycles. The van der Waals surface area contributed by atoms with Crippen LogP contribution in [0.3, 0.4) is 0 Å². The van der Waals surface area contributed by atoms with E-state index >= 15 is 0 Å². The van der Waals surface area contributed by atoms with Crippen LogP contribution in [-0.2, 0) is 14.3 Å². The van der Waals surface area contributed by atoms with Crippen LogP contribution in [0.25, 0.3) is 0 Å². The number of aliphatic hydroxyl groups is 1. The first-order valence-electron chi connectivity index (χ1n) is 11.1. The average molecular weight is 451 g/mol. The summed E-state index contributed by atoms with van der Waals surface area (Å²) in [6.45, 7) is 3.59. The van der Waals surface area contributed by atoms with Gasteiger partial charge in [-0.05, 0) is 43.5 Å². The molecule has 178 valence electrons. The monoisotopic (exact) mass is 450 g/mol. The molecule has 3 atom stereocenters. The van der Waals surface area contributed by atoms with Gasteiger partial charge in [-0.25, -0.2) is 4.79 Å². The third kappa shape index (κ3) is 7.63. The summed E-state index contributed by atoms with van der Waals surface area (Å²) in [6.07, 6.45) is 1.53. The molecule has 1 aromatic carbocycles. The maximum Gasteiger partial charge on any atom is 0.319 e. The molecule has 32 heavy (non-hydrogen) atoms. The van der Waals surface area contributed by atoms with Gasteiger partial charge < -0.3 is 35.3 Å². The van der Waals surface area contributed by atoms with Crippen molar-refractivity contribution in [3.05, 3.63) is 24.3 Å². The molecule has 2 saturated heterocycles. The Bertz CT molecular complexity index is 726. The number of morpholine rings is 1. The Morgan fingerprint density at radius 1 is 1.19 bits per heavy atom. The number of hydrogen-bond donors (Lipinski definition) is 4. The fourth-order valence-electron chi connectivity index (χ4n) is 3.91. The smallest absolute Gasteiger partial charge is 0.319 e. The number of urea groups is 1. The van der Waals surface area contributed by atoms with Crippen molar-refractivity contribution in [2.45, 2.75) is 37.5 Å². The molecule has 3 rings (SSSR count). The largest absolute Gasteiger partial charge is 0.497 e. The number of amides is 3. The minimum atomic E-state index is -0.487. The highest BCUT2D eigenvalue weighted by Crippen LogP contribution is 2.22. The molecule has 2 aliphatic rings. The lowest BCUT2D eigenvalue weighted by Crippen LogP contribution is -2.52. The number of aliphatic hydroxyl groups excluding tert-OH is 1. The summed E-state index contributed by atoms with van der Waals surface area (Å²) in [6, 6.07) is 6.40. The molecule has 0 radical (unpaired) electrons. The number of benzene rings is 1. The molecule has 0 spiro atoms.